The van der Waals surface area contributed by atoms with Crippen LogP contribution in [-0.2, 0) is 84.9 Å². The molecular formula is Ag2Cr2IO7-2. The van der Waals surface area contributed by atoms with E-state index < -0.39 is 27.2 Å². The minimum atomic E-state index is -6.07. The fraction of sp³-hybridized carbons (Fsp3) is 0. The van der Waals surface area contributed by atoms with Crippen molar-refractivity contribution in [3.8, 4) is 0 Å². The molecule has 0 saturated heterocycles. The van der Waals surface area contributed by atoms with E-state index in [2.05, 4.69) is 20.1 Å². The van der Waals surface area contributed by atoms with Gasteiger partial charge in [0.1, 0.15) is 0 Å². The Balaban J connectivity index is -0.000000249. The van der Waals surface area contributed by atoms with Crippen molar-refractivity contribution in [2.75, 3.05) is 0 Å². The fourth-order valence-electron chi connectivity index (χ4n) is 0.102. The zero-order chi connectivity index (χ0) is 9.71. The molecule has 0 fully saturated rings. The van der Waals surface area contributed by atoms with Crippen molar-refractivity contribution in [1.82, 2.24) is 0 Å². The molecule has 0 aliphatic carbocycles. The van der Waals surface area contributed by atoms with E-state index >= 15 is 0 Å². The van der Waals surface area contributed by atoms with E-state index in [9.17, 15) is 23.5 Å². The molecule has 0 aliphatic rings. The van der Waals surface area contributed by atoms with Crippen molar-refractivity contribution in [3.05, 3.63) is 0 Å². The van der Waals surface area contributed by atoms with Crippen LogP contribution in [0.25, 0.3) is 0 Å². The predicted molar refractivity (Wildman–Crippen MR) is 17.9 cm³/mol. The molecule has 0 N–H and O–H groups in total. The van der Waals surface area contributed by atoms with Gasteiger partial charge in [-0.15, -0.1) is 0 Å². The van der Waals surface area contributed by atoms with Gasteiger partial charge in [0.2, 0.25) is 0 Å². The summed E-state index contributed by atoms with van der Waals surface area (Å²) in [6.45, 7) is 0. The molecule has 0 aliphatic heterocycles. The van der Waals surface area contributed by atoms with Crippen LogP contribution in [0.2, 0.25) is 0 Å². The van der Waals surface area contributed by atoms with Crippen molar-refractivity contribution in [2.24, 2.45) is 0 Å². The first-order valence-corrected chi connectivity index (χ1v) is 10.0. The molecule has 0 spiro atoms. The van der Waals surface area contributed by atoms with Gasteiger partial charge in [0, 0.05) is 22.4 Å². The summed E-state index contributed by atoms with van der Waals surface area (Å²) < 4.78 is 58.9. The van der Waals surface area contributed by atoms with Crippen LogP contribution in [-0.4, -0.2) is 0 Å². The Morgan fingerprint density at radius 1 is 1.00 bits per heavy atom. The number of hydrogen-bond acceptors (Lipinski definition) is 7. The van der Waals surface area contributed by atoms with Crippen molar-refractivity contribution in [1.29, 1.82) is 0 Å². The Morgan fingerprint density at radius 3 is 1.17 bits per heavy atom. The summed E-state index contributed by atoms with van der Waals surface area (Å²) in [6, 6.07) is 0. The molecule has 0 bridgehead atoms. The molecule has 12 heteroatoms. The monoisotopic (exact) mass is 557 g/mol. The van der Waals surface area contributed by atoms with Gasteiger partial charge < -0.3 is 0 Å². The number of hydrogen-bond donors (Lipinski definition) is 0. The first kappa shape index (κ1) is 19.9. The Hall–Kier alpha value is 2.36. The first-order chi connectivity index (χ1) is 4.71. The van der Waals surface area contributed by atoms with Gasteiger partial charge in [-0.1, -0.05) is 0 Å². The van der Waals surface area contributed by atoms with Crippen LogP contribution in [0.3, 0.4) is 0 Å². The molecule has 12 heavy (non-hydrogen) atoms. The van der Waals surface area contributed by atoms with Crippen LogP contribution in [0.5, 0.6) is 0 Å². The zero-order valence-electron chi connectivity index (χ0n) is 4.66. The molecule has 1 radical (unpaired) electrons. The summed E-state index contributed by atoms with van der Waals surface area (Å²) >= 11 is -7.26. The fourth-order valence-corrected chi connectivity index (χ4v) is 1.74. The Morgan fingerprint density at radius 2 is 1.17 bits per heavy atom. The van der Waals surface area contributed by atoms with E-state index in [1.807, 2.05) is 19.0 Å². The van der Waals surface area contributed by atoms with Gasteiger partial charge in [-0.3, -0.25) is 0 Å². The average Bonchev–Trinajstić information content (AvgIpc) is 1.60. The van der Waals surface area contributed by atoms with Crippen LogP contribution >= 0.6 is 19.0 Å². The van der Waals surface area contributed by atoms with E-state index in [0.717, 1.165) is 0 Å². The molecule has 0 heterocycles. The van der Waals surface area contributed by atoms with Crippen LogP contribution in [0, 0.1) is 0 Å². The molecule has 7 nitrogen and oxygen atoms in total. The van der Waals surface area contributed by atoms with Crippen molar-refractivity contribution in [2.45, 2.75) is 0 Å². The van der Waals surface area contributed by atoms with Gasteiger partial charge in [0.25, 0.3) is 0 Å². The molecular weight excluding hydrogens is 559 g/mol. The Labute approximate surface area is 110 Å². The van der Waals surface area contributed by atoms with Crippen molar-refractivity contribution < 1.29 is 93.2 Å². The molecule has 0 aromatic heterocycles. The second kappa shape index (κ2) is 8.65. The van der Waals surface area contributed by atoms with Crippen LogP contribution in [0.1, 0.15) is 0 Å². The van der Waals surface area contributed by atoms with Crippen molar-refractivity contribution in [3.63, 3.8) is 0 Å². The number of halogens is 1. The summed E-state index contributed by atoms with van der Waals surface area (Å²) in [5.74, 6) is 0. The summed E-state index contributed by atoms with van der Waals surface area (Å²) in [7, 11) is 0. The zero-order valence-corrected chi connectivity index (χ0v) is 12.3. The second-order valence-electron chi connectivity index (χ2n) is 0.885. The van der Waals surface area contributed by atoms with E-state index in [1.54, 1.807) is 0 Å². The summed E-state index contributed by atoms with van der Waals surface area (Å²) in [5.41, 5.74) is 0. The molecule has 0 unspecified atom stereocenters. The topological polar surface area (TPSA) is 124 Å². The van der Waals surface area contributed by atoms with E-state index in [4.69, 9.17) is 0 Å². The van der Waals surface area contributed by atoms with Gasteiger partial charge in [0.05, 0.1) is 0 Å². The molecule has 0 amide bonds. The number of rotatable bonds is 2. The van der Waals surface area contributed by atoms with Gasteiger partial charge in [-0.25, -0.2) is 0 Å². The third kappa shape index (κ3) is 22.8. The van der Waals surface area contributed by atoms with Gasteiger partial charge in [-0.05, 0) is 0 Å². The Kier molecular flexibility index (Phi) is 14.3. The van der Waals surface area contributed by atoms with Gasteiger partial charge in [0.15, 0.2) is 0 Å². The molecule has 0 saturated carbocycles. The Bertz CT molecular complexity index is 245. The summed E-state index contributed by atoms with van der Waals surface area (Å²) in [6.07, 6.45) is 0. The minimum absolute atomic E-state index is 0. The molecule has 0 atom stereocenters. The molecule has 0 aromatic carbocycles. The van der Waals surface area contributed by atoms with Crippen LogP contribution < -0.4 is 8.32 Å². The maximum atomic E-state index is 9.38. The summed E-state index contributed by atoms with van der Waals surface area (Å²) in [5, 5.41) is 0. The van der Waals surface area contributed by atoms with E-state index in [1.165, 1.54) is 0 Å². The third-order valence-electron chi connectivity index (χ3n) is 0.167. The van der Waals surface area contributed by atoms with Crippen LogP contribution in [0.15, 0.2) is 0 Å². The molecule has 0 aromatic rings. The molecule has 0 rings (SSSR count). The average molecular weight is 559 g/mol. The molecule has 85 valence electrons. The predicted octanol–water partition coefficient (Wildman–Crippen LogP) is -2.05. The second-order valence-corrected chi connectivity index (χ2v) is 4.52. The summed E-state index contributed by atoms with van der Waals surface area (Å²) in [4.78, 5) is 0. The van der Waals surface area contributed by atoms with Crippen LogP contribution in [0.4, 0.5) is 0 Å². The SMILES string of the molecule is [Ag].[Ag][I].[O]=[Cr](=[O])([O-])[O][Cr](=[O])(=[O])[O-]. The van der Waals surface area contributed by atoms with Crippen molar-refractivity contribution >= 4 is 19.0 Å². The first-order valence-electron chi connectivity index (χ1n) is 1.45. The quantitative estimate of drug-likeness (QED) is 0.283. The van der Waals surface area contributed by atoms with E-state index in [-0.39, 0.29) is 22.4 Å². The standard InChI is InChI=1S/2Ag.2Cr.HI.7O/h;;;;1H;;;;;;;/q;+1;;;;;;;;;2*-1/p-1. The normalized spacial score (nSPS) is 10.8. The van der Waals surface area contributed by atoms with Gasteiger partial charge >= 0.3 is 89.9 Å². The maximum absolute atomic E-state index is 9.38. The van der Waals surface area contributed by atoms with Gasteiger partial charge in [-0.2, -0.15) is 0 Å². The third-order valence-corrected chi connectivity index (χ3v) is 2.83. The van der Waals surface area contributed by atoms with E-state index in [0.29, 0.717) is 0 Å².